The fourth-order valence-corrected chi connectivity index (χ4v) is 3.61. The maximum Gasteiger partial charge on any atom is 0.259 e. The molecule has 1 aliphatic heterocycles. The molecule has 8 nitrogen and oxygen atoms in total. The fraction of sp³-hybridized carbons (Fsp3) is 0.300. The van der Waals surface area contributed by atoms with Crippen LogP contribution in [0.5, 0.6) is 0 Å². The number of benzene rings is 1. The number of nitrogens with zero attached hydrogens (tertiary/aromatic N) is 5. The molecule has 0 spiro atoms. The van der Waals surface area contributed by atoms with E-state index in [9.17, 15) is 4.39 Å². The molecular formula is C20H19FN6O2. The van der Waals surface area contributed by atoms with Gasteiger partial charge < -0.3 is 14.4 Å². The van der Waals surface area contributed by atoms with E-state index in [1.54, 1.807) is 12.1 Å². The Kier molecular flexibility index (Phi) is 4.33. The van der Waals surface area contributed by atoms with Gasteiger partial charge in [-0.05, 0) is 44.3 Å². The van der Waals surface area contributed by atoms with Crippen LogP contribution in [0.4, 0.5) is 4.39 Å². The van der Waals surface area contributed by atoms with Gasteiger partial charge in [0.1, 0.15) is 5.82 Å². The third-order valence-electron chi connectivity index (χ3n) is 5.24. The summed E-state index contributed by atoms with van der Waals surface area (Å²) in [6, 6.07) is 8.00. The van der Waals surface area contributed by atoms with Crippen LogP contribution in [0.25, 0.3) is 33.8 Å². The second-order valence-corrected chi connectivity index (χ2v) is 7.17. The molecule has 1 fully saturated rings. The van der Waals surface area contributed by atoms with Gasteiger partial charge in [0.05, 0.1) is 28.4 Å². The van der Waals surface area contributed by atoms with E-state index in [1.807, 2.05) is 20.0 Å². The standard InChI is InChI=1S/C20H19FN6O2/c1-11-17-14(19-24-18(26-28-19)16-10-22-7-8-27(16)2)9-15(23-20(17)29-25-11)12-3-5-13(21)6-4-12/h3-6,9,16,22H,7-8,10H2,1-2H3. The number of aryl methyl sites for hydroxylation is 1. The summed E-state index contributed by atoms with van der Waals surface area (Å²) in [6.45, 7) is 4.44. The Morgan fingerprint density at radius 1 is 1.14 bits per heavy atom. The Balaban J connectivity index is 1.62. The van der Waals surface area contributed by atoms with Crippen molar-refractivity contribution in [2.24, 2.45) is 0 Å². The zero-order valence-electron chi connectivity index (χ0n) is 16.0. The smallest absolute Gasteiger partial charge is 0.259 e. The Labute approximate surface area is 165 Å². The van der Waals surface area contributed by atoms with Crippen LogP contribution in [-0.2, 0) is 0 Å². The number of aromatic nitrogens is 4. The fourth-order valence-electron chi connectivity index (χ4n) is 3.61. The molecule has 0 amide bonds. The molecule has 1 aromatic carbocycles. The lowest BCUT2D eigenvalue weighted by Gasteiger charge is -2.30. The van der Waals surface area contributed by atoms with E-state index in [-0.39, 0.29) is 11.9 Å². The molecule has 1 atom stereocenters. The van der Waals surface area contributed by atoms with E-state index in [2.05, 4.69) is 30.5 Å². The Hall–Kier alpha value is -3.17. The van der Waals surface area contributed by atoms with Crippen molar-refractivity contribution in [3.05, 3.63) is 47.7 Å². The molecule has 1 aliphatic rings. The van der Waals surface area contributed by atoms with Gasteiger partial charge in [-0.3, -0.25) is 4.90 Å². The predicted molar refractivity (Wildman–Crippen MR) is 103 cm³/mol. The minimum Gasteiger partial charge on any atom is -0.335 e. The molecule has 1 unspecified atom stereocenters. The second-order valence-electron chi connectivity index (χ2n) is 7.17. The molecule has 1 saturated heterocycles. The first-order chi connectivity index (χ1) is 14.1. The molecule has 148 valence electrons. The second kappa shape index (κ2) is 7.02. The summed E-state index contributed by atoms with van der Waals surface area (Å²) >= 11 is 0. The summed E-state index contributed by atoms with van der Waals surface area (Å²) in [4.78, 5) is 11.4. The maximum atomic E-state index is 13.3. The number of nitrogens with one attached hydrogen (secondary N) is 1. The van der Waals surface area contributed by atoms with E-state index >= 15 is 0 Å². The van der Waals surface area contributed by atoms with Gasteiger partial charge in [0.2, 0.25) is 0 Å². The van der Waals surface area contributed by atoms with Gasteiger partial charge in [0.15, 0.2) is 5.82 Å². The van der Waals surface area contributed by atoms with E-state index in [4.69, 9.17) is 9.05 Å². The minimum absolute atomic E-state index is 0.0405. The molecule has 29 heavy (non-hydrogen) atoms. The first kappa shape index (κ1) is 17.9. The topological polar surface area (TPSA) is 93.1 Å². The van der Waals surface area contributed by atoms with Crippen LogP contribution < -0.4 is 5.32 Å². The largest absolute Gasteiger partial charge is 0.335 e. The van der Waals surface area contributed by atoms with Crippen molar-refractivity contribution in [3.8, 4) is 22.7 Å². The van der Waals surface area contributed by atoms with Gasteiger partial charge in [0.25, 0.3) is 11.6 Å². The number of rotatable bonds is 3. The lowest BCUT2D eigenvalue weighted by atomic mass is 10.1. The Morgan fingerprint density at radius 3 is 2.76 bits per heavy atom. The normalized spacial score (nSPS) is 17.8. The summed E-state index contributed by atoms with van der Waals surface area (Å²) in [5.74, 6) is 0.690. The number of hydrogen-bond acceptors (Lipinski definition) is 8. The molecule has 5 rings (SSSR count). The molecule has 4 aromatic rings. The highest BCUT2D eigenvalue weighted by Gasteiger charge is 2.27. The van der Waals surface area contributed by atoms with Gasteiger partial charge in [-0.15, -0.1) is 0 Å². The van der Waals surface area contributed by atoms with E-state index in [0.717, 1.165) is 30.6 Å². The molecule has 9 heteroatoms. The van der Waals surface area contributed by atoms with Gasteiger partial charge >= 0.3 is 0 Å². The molecule has 0 saturated carbocycles. The molecule has 3 aromatic heterocycles. The zero-order chi connectivity index (χ0) is 20.0. The van der Waals surface area contributed by atoms with Crippen molar-refractivity contribution in [1.29, 1.82) is 0 Å². The van der Waals surface area contributed by atoms with Crippen LogP contribution in [0.1, 0.15) is 17.6 Å². The van der Waals surface area contributed by atoms with Gasteiger partial charge in [-0.25, -0.2) is 9.37 Å². The van der Waals surface area contributed by atoms with Crippen LogP contribution in [0, 0.1) is 12.7 Å². The number of likely N-dealkylation sites (N-methyl/N-ethyl adjacent to an activating group) is 1. The highest BCUT2D eigenvalue weighted by atomic mass is 19.1. The van der Waals surface area contributed by atoms with E-state index in [0.29, 0.717) is 34.4 Å². The van der Waals surface area contributed by atoms with Crippen molar-refractivity contribution in [1.82, 2.24) is 30.5 Å². The first-order valence-corrected chi connectivity index (χ1v) is 9.38. The third-order valence-corrected chi connectivity index (χ3v) is 5.24. The highest BCUT2D eigenvalue weighted by molar-refractivity contribution is 5.93. The van der Waals surface area contributed by atoms with E-state index < -0.39 is 0 Å². The lowest BCUT2D eigenvalue weighted by Crippen LogP contribution is -2.44. The van der Waals surface area contributed by atoms with Crippen LogP contribution in [-0.4, -0.2) is 51.9 Å². The average molecular weight is 394 g/mol. The van der Waals surface area contributed by atoms with Crippen molar-refractivity contribution < 1.29 is 13.4 Å². The summed E-state index contributed by atoms with van der Waals surface area (Å²) < 4.78 is 24.3. The van der Waals surface area contributed by atoms with Crippen LogP contribution in [0.3, 0.4) is 0 Å². The SMILES string of the molecule is Cc1noc2nc(-c3ccc(F)cc3)cc(-c3nc(C4CNCCN4C)no3)c12. The number of hydrogen-bond donors (Lipinski definition) is 1. The highest BCUT2D eigenvalue weighted by Crippen LogP contribution is 2.34. The van der Waals surface area contributed by atoms with E-state index in [1.165, 1.54) is 12.1 Å². The molecule has 0 aliphatic carbocycles. The molecule has 4 heterocycles. The summed E-state index contributed by atoms with van der Waals surface area (Å²) in [7, 11) is 2.04. The van der Waals surface area contributed by atoms with Gasteiger partial charge in [0, 0.05) is 25.2 Å². The third kappa shape index (κ3) is 3.18. The quantitative estimate of drug-likeness (QED) is 0.567. The predicted octanol–water partition coefficient (Wildman–Crippen LogP) is 2.96. The van der Waals surface area contributed by atoms with Crippen LogP contribution >= 0.6 is 0 Å². The van der Waals surface area contributed by atoms with Crippen molar-refractivity contribution in [2.45, 2.75) is 13.0 Å². The van der Waals surface area contributed by atoms with Crippen molar-refractivity contribution >= 4 is 11.1 Å². The van der Waals surface area contributed by atoms with Crippen LogP contribution in [0.2, 0.25) is 0 Å². The molecule has 0 bridgehead atoms. The summed E-state index contributed by atoms with van der Waals surface area (Å²) in [5, 5.41) is 12.3. The summed E-state index contributed by atoms with van der Waals surface area (Å²) in [5.41, 5.74) is 3.11. The molecule has 0 radical (unpaired) electrons. The lowest BCUT2D eigenvalue weighted by molar-refractivity contribution is 0.190. The molecular weight excluding hydrogens is 375 g/mol. The molecule has 1 N–H and O–H groups in total. The van der Waals surface area contributed by atoms with Gasteiger partial charge in [-0.2, -0.15) is 4.98 Å². The monoisotopic (exact) mass is 394 g/mol. The van der Waals surface area contributed by atoms with Crippen LogP contribution in [0.15, 0.2) is 39.4 Å². The number of fused-ring (bicyclic) bond motifs is 1. The number of piperazine rings is 1. The number of halogens is 1. The summed E-state index contributed by atoms with van der Waals surface area (Å²) in [6.07, 6.45) is 0. The number of pyridine rings is 1. The van der Waals surface area contributed by atoms with Crippen molar-refractivity contribution in [3.63, 3.8) is 0 Å². The Bertz CT molecular complexity index is 1170. The Morgan fingerprint density at radius 2 is 1.97 bits per heavy atom. The van der Waals surface area contributed by atoms with Crippen molar-refractivity contribution in [2.75, 3.05) is 26.7 Å². The first-order valence-electron chi connectivity index (χ1n) is 9.38. The van der Waals surface area contributed by atoms with Gasteiger partial charge in [-0.1, -0.05) is 10.3 Å². The average Bonchev–Trinajstić information content (AvgIpc) is 3.36. The zero-order valence-corrected chi connectivity index (χ0v) is 16.0. The minimum atomic E-state index is -0.308. The maximum absolute atomic E-state index is 13.3.